The lowest BCUT2D eigenvalue weighted by atomic mass is 9.94. The number of nitrogens with zero attached hydrogens (tertiary/aromatic N) is 1. The molecular weight excluding hydrogens is 326 g/mol. The molecule has 7 nitrogen and oxygen atoms in total. The van der Waals surface area contributed by atoms with E-state index in [2.05, 4.69) is 0 Å². The van der Waals surface area contributed by atoms with Crippen LogP contribution in [-0.2, 0) is 4.79 Å². The predicted octanol–water partition coefficient (Wildman–Crippen LogP) is 1.79. The monoisotopic (exact) mass is 347 g/mol. The van der Waals surface area contributed by atoms with Crippen LogP contribution in [0.25, 0.3) is 0 Å². The molecule has 1 saturated carbocycles. The molecule has 3 unspecified atom stereocenters. The van der Waals surface area contributed by atoms with Crippen molar-refractivity contribution in [3.8, 4) is 17.2 Å². The number of carboxylic acids is 1. The van der Waals surface area contributed by atoms with E-state index in [1.807, 2.05) is 0 Å². The minimum Gasteiger partial charge on any atom is -0.493 e. The highest BCUT2D eigenvalue weighted by Crippen LogP contribution is 2.44. The second-order valence-corrected chi connectivity index (χ2v) is 6.80. The molecule has 0 aromatic heterocycles. The van der Waals surface area contributed by atoms with Crippen LogP contribution in [0.15, 0.2) is 12.1 Å². The summed E-state index contributed by atoms with van der Waals surface area (Å²) in [4.78, 5) is 26.3. The molecule has 1 aromatic rings. The van der Waals surface area contributed by atoms with Crippen LogP contribution in [0.1, 0.15) is 29.6 Å². The maximum Gasteiger partial charge on any atom is 0.326 e. The molecule has 2 heterocycles. The molecule has 3 atom stereocenters. The summed E-state index contributed by atoms with van der Waals surface area (Å²) in [6, 6.07) is 2.47. The van der Waals surface area contributed by atoms with Gasteiger partial charge < -0.3 is 24.2 Å². The number of carboxylic acid groups (broad SMARTS) is 1. The molecule has 7 heteroatoms. The summed E-state index contributed by atoms with van der Waals surface area (Å²) in [6.07, 6.45) is 2.90. The first kappa shape index (κ1) is 16.1. The number of methoxy groups -OCH3 is 1. The van der Waals surface area contributed by atoms with Crippen LogP contribution < -0.4 is 14.2 Å². The first-order valence-electron chi connectivity index (χ1n) is 8.61. The molecule has 134 valence electrons. The molecule has 1 aliphatic carbocycles. The molecule has 1 aromatic carbocycles. The highest BCUT2D eigenvalue weighted by molar-refractivity contribution is 5.98. The van der Waals surface area contributed by atoms with Crippen molar-refractivity contribution in [3.63, 3.8) is 0 Å². The van der Waals surface area contributed by atoms with Gasteiger partial charge in [-0.05, 0) is 36.8 Å². The van der Waals surface area contributed by atoms with Crippen LogP contribution in [0.2, 0.25) is 0 Å². The van der Waals surface area contributed by atoms with E-state index in [1.54, 1.807) is 12.1 Å². The summed E-state index contributed by atoms with van der Waals surface area (Å²) in [5.41, 5.74) is 0.368. The van der Waals surface area contributed by atoms with Gasteiger partial charge in [-0.25, -0.2) is 4.79 Å². The van der Waals surface area contributed by atoms with E-state index in [1.165, 1.54) is 12.0 Å². The zero-order chi connectivity index (χ0) is 17.6. The van der Waals surface area contributed by atoms with Crippen molar-refractivity contribution < 1.29 is 28.9 Å². The summed E-state index contributed by atoms with van der Waals surface area (Å²) in [5.74, 6) is 0.486. The van der Waals surface area contributed by atoms with Crippen LogP contribution in [0, 0.1) is 11.8 Å². The highest BCUT2D eigenvalue weighted by atomic mass is 16.6. The molecule has 1 N–H and O–H groups in total. The Balaban J connectivity index is 1.67. The molecule has 2 aliphatic heterocycles. The maximum atomic E-state index is 13.1. The van der Waals surface area contributed by atoms with E-state index in [-0.39, 0.29) is 17.7 Å². The van der Waals surface area contributed by atoms with Crippen molar-refractivity contribution in [2.45, 2.75) is 25.3 Å². The third-order valence-electron chi connectivity index (χ3n) is 5.48. The molecule has 3 aliphatic rings. The Morgan fingerprint density at radius 3 is 2.80 bits per heavy atom. The van der Waals surface area contributed by atoms with Crippen molar-refractivity contribution in [1.82, 2.24) is 4.90 Å². The standard InChI is InChI=1S/C18H21NO6/c1-23-13-7-11(8-14-16(13)25-6-5-24-14)17(20)19-9-10-3-2-4-12(10)15(19)18(21)22/h7-8,10,12,15H,2-6,9H2,1H3,(H,21,22). The molecule has 0 bridgehead atoms. The second kappa shape index (κ2) is 6.13. The third kappa shape index (κ3) is 2.58. The van der Waals surface area contributed by atoms with Gasteiger partial charge in [-0.3, -0.25) is 4.79 Å². The summed E-state index contributed by atoms with van der Waals surface area (Å²) < 4.78 is 16.5. The minimum atomic E-state index is -0.924. The largest absolute Gasteiger partial charge is 0.493 e. The number of amides is 1. The number of aliphatic carboxylic acids is 1. The van der Waals surface area contributed by atoms with Crippen LogP contribution in [0.3, 0.4) is 0 Å². The molecule has 0 spiro atoms. The van der Waals surface area contributed by atoms with Crippen LogP contribution >= 0.6 is 0 Å². The van der Waals surface area contributed by atoms with Crippen molar-refractivity contribution in [2.75, 3.05) is 26.9 Å². The van der Waals surface area contributed by atoms with Gasteiger partial charge in [0.1, 0.15) is 19.3 Å². The fourth-order valence-corrected chi connectivity index (χ4v) is 4.39. The Morgan fingerprint density at radius 1 is 1.24 bits per heavy atom. The first-order valence-corrected chi connectivity index (χ1v) is 8.61. The van der Waals surface area contributed by atoms with Crippen LogP contribution in [0.4, 0.5) is 0 Å². The fraction of sp³-hybridized carbons (Fsp3) is 0.556. The van der Waals surface area contributed by atoms with Crippen LogP contribution in [0.5, 0.6) is 17.2 Å². The molecule has 4 rings (SSSR count). The Hall–Kier alpha value is -2.44. The summed E-state index contributed by atoms with van der Waals surface area (Å²) in [5, 5.41) is 9.66. The smallest absolute Gasteiger partial charge is 0.326 e. The molecule has 25 heavy (non-hydrogen) atoms. The lowest BCUT2D eigenvalue weighted by Gasteiger charge is -2.26. The van der Waals surface area contributed by atoms with Gasteiger partial charge in [-0.1, -0.05) is 6.42 Å². The predicted molar refractivity (Wildman–Crippen MR) is 87.3 cm³/mol. The first-order chi connectivity index (χ1) is 12.1. The molecule has 0 radical (unpaired) electrons. The number of likely N-dealkylation sites (tertiary alicyclic amines) is 1. The van der Waals surface area contributed by atoms with E-state index < -0.39 is 12.0 Å². The van der Waals surface area contributed by atoms with E-state index in [4.69, 9.17) is 14.2 Å². The topological polar surface area (TPSA) is 85.3 Å². The average molecular weight is 347 g/mol. The number of ether oxygens (including phenoxy) is 3. The van der Waals surface area contributed by atoms with Gasteiger partial charge in [0.2, 0.25) is 5.75 Å². The number of hydrogen-bond acceptors (Lipinski definition) is 5. The quantitative estimate of drug-likeness (QED) is 0.897. The van der Waals surface area contributed by atoms with Crippen molar-refractivity contribution in [3.05, 3.63) is 17.7 Å². The Bertz CT molecular complexity index is 701. The van der Waals surface area contributed by atoms with Gasteiger partial charge >= 0.3 is 5.97 Å². The lowest BCUT2D eigenvalue weighted by Crippen LogP contribution is -2.43. The van der Waals surface area contributed by atoms with E-state index >= 15 is 0 Å². The highest BCUT2D eigenvalue weighted by Gasteiger charge is 2.49. The van der Waals surface area contributed by atoms with Crippen molar-refractivity contribution in [1.29, 1.82) is 0 Å². The summed E-state index contributed by atoms with van der Waals surface area (Å²) >= 11 is 0. The molecule has 2 fully saturated rings. The average Bonchev–Trinajstić information content (AvgIpc) is 3.20. The van der Waals surface area contributed by atoms with Gasteiger partial charge in [0.15, 0.2) is 11.5 Å². The molecule has 1 amide bonds. The molecular formula is C18H21NO6. The maximum absolute atomic E-state index is 13.1. The van der Waals surface area contributed by atoms with E-state index in [0.29, 0.717) is 42.6 Å². The third-order valence-corrected chi connectivity index (χ3v) is 5.48. The van der Waals surface area contributed by atoms with Crippen molar-refractivity contribution in [2.24, 2.45) is 11.8 Å². The van der Waals surface area contributed by atoms with E-state index in [9.17, 15) is 14.7 Å². The molecule has 1 saturated heterocycles. The number of carbonyl (C=O) groups is 2. The van der Waals surface area contributed by atoms with Gasteiger partial charge in [-0.15, -0.1) is 0 Å². The summed E-state index contributed by atoms with van der Waals surface area (Å²) in [6.45, 7) is 1.32. The number of hydrogen-bond donors (Lipinski definition) is 1. The normalized spacial score (nSPS) is 27.1. The zero-order valence-corrected chi connectivity index (χ0v) is 14.1. The second-order valence-electron chi connectivity index (χ2n) is 6.80. The number of rotatable bonds is 3. The number of fused-ring (bicyclic) bond motifs is 2. The Morgan fingerprint density at radius 2 is 2.04 bits per heavy atom. The SMILES string of the molecule is COc1cc(C(=O)N2CC3CCCC3C2C(=O)O)cc2c1OCCO2. The lowest BCUT2D eigenvalue weighted by molar-refractivity contribution is -0.142. The van der Waals surface area contributed by atoms with Gasteiger partial charge in [0, 0.05) is 12.1 Å². The zero-order valence-electron chi connectivity index (χ0n) is 14.1. The number of carbonyl (C=O) groups excluding carboxylic acids is 1. The van der Waals surface area contributed by atoms with E-state index in [0.717, 1.165) is 19.3 Å². The fourth-order valence-electron chi connectivity index (χ4n) is 4.39. The Kier molecular flexibility index (Phi) is 3.94. The Labute approximate surface area is 145 Å². The summed E-state index contributed by atoms with van der Waals surface area (Å²) in [7, 11) is 1.50. The van der Waals surface area contributed by atoms with Gasteiger partial charge in [0.25, 0.3) is 5.91 Å². The number of benzene rings is 1. The minimum absolute atomic E-state index is 0.0561. The van der Waals surface area contributed by atoms with Crippen molar-refractivity contribution >= 4 is 11.9 Å². The van der Waals surface area contributed by atoms with Gasteiger partial charge in [-0.2, -0.15) is 0 Å². The van der Waals surface area contributed by atoms with Gasteiger partial charge in [0.05, 0.1) is 7.11 Å². The van der Waals surface area contributed by atoms with Crippen LogP contribution in [-0.4, -0.2) is 54.8 Å².